The second-order valence-corrected chi connectivity index (χ2v) is 6.72. The van der Waals surface area contributed by atoms with E-state index < -0.39 is 55.7 Å². The summed E-state index contributed by atoms with van der Waals surface area (Å²) >= 11 is 5.80. The number of rotatable bonds is 5. The minimum Gasteiger partial charge on any atom is -0.460 e. The lowest BCUT2D eigenvalue weighted by Crippen LogP contribution is -2.16. The third-order valence-corrected chi connectivity index (χ3v) is 4.51. The van der Waals surface area contributed by atoms with E-state index >= 15 is 0 Å². The zero-order chi connectivity index (χ0) is 21.6. The highest BCUT2D eigenvalue weighted by Crippen LogP contribution is 2.36. The van der Waals surface area contributed by atoms with E-state index in [1.54, 1.807) is 6.07 Å². The van der Waals surface area contributed by atoms with E-state index in [2.05, 4.69) is 4.18 Å². The molecule has 2 aromatic carbocycles. The number of benzene rings is 2. The lowest BCUT2D eigenvalue weighted by atomic mass is 10.1. The second kappa shape index (κ2) is 6.97. The summed E-state index contributed by atoms with van der Waals surface area (Å²) in [5, 5.41) is -0.590. The molecule has 0 saturated heterocycles. The van der Waals surface area contributed by atoms with Crippen molar-refractivity contribution in [1.29, 1.82) is 0 Å². The second-order valence-electron chi connectivity index (χ2n) is 5.06. The number of ketones is 1. The van der Waals surface area contributed by atoms with Crippen LogP contribution < -0.4 is 5.73 Å². The summed E-state index contributed by atoms with van der Waals surface area (Å²) in [7, 11) is -5.11. The zero-order valence-electron chi connectivity index (χ0n) is 15.9. The van der Waals surface area contributed by atoms with E-state index in [4.69, 9.17) is 26.2 Å². The van der Waals surface area contributed by atoms with Gasteiger partial charge in [-0.15, -0.1) is 0 Å². The molecule has 0 saturated carbocycles. The summed E-state index contributed by atoms with van der Waals surface area (Å²) in [5.41, 5.74) is 1.80. The first-order valence-corrected chi connectivity index (χ1v) is 8.88. The van der Waals surface area contributed by atoms with Gasteiger partial charge in [0, 0.05) is 5.56 Å². The summed E-state index contributed by atoms with van der Waals surface area (Å²) in [6, 6.07) is 10.1. The molecule has 136 valence electrons. The van der Waals surface area contributed by atoms with Crippen molar-refractivity contribution < 1.29 is 30.6 Å². The van der Waals surface area contributed by atoms with Gasteiger partial charge in [0.05, 0.1) is 9.13 Å². The molecular weight excluding hydrogens is 385 g/mol. The van der Waals surface area contributed by atoms with Gasteiger partial charge in [0.15, 0.2) is 6.08 Å². The standard InChI is InChI=1S/C17H13ClFNO5S/c18-13-11(7-4-8-12(13)19)15-14(21)16(17(20)24-15)25-26(22,23)9-10-5-2-1-3-6-10/h1-8,15H,9,20H2/i9D2,15D. The Labute approximate surface area is 158 Å². The minimum absolute atomic E-state index is 0.254. The van der Waals surface area contributed by atoms with E-state index in [1.165, 1.54) is 30.3 Å². The number of nitrogens with two attached hydrogens (primary N) is 1. The molecule has 0 spiro atoms. The molecule has 2 N–H and O–H groups in total. The van der Waals surface area contributed by atoms with Crippen LogP contribution in [0.15, 0.2) is 60.2 Å². The Bertz CT molecular complexity index is 1130. The van der Waals surface area contributed by atoms with Gasteiger partial charge in [-0.3, -0.25) is 4.79 Å². The Morgan fingerprint density at radius 2 is 1.96 bits per heavy atom. The Morgan fingerprint density at radius 1 is 1.27 bits per heavy atom. The molecule has 26 heavy (non-hydrogen) atoms. The van der Waals surface area contributed by atoms with Gasteiger partial charge in [-0.05, 0) is 11.6 Å². The van der Waals surface area contributed by atoms with Crippen LogP contribution in [0.25, 0.3) is 0 Å². The van der Waals surface area contributed by atoms with Gasteiger partial charge in [-0.1, -0.05) is 54.1 Å². The van der Waals surface area contributed by atoms with Crippen LogP contribution >= 0.6 is 11.6 Å². The predicted octanol–water partition coefficient (Wildman–Crippen LogP) is 2.79. The topological polar surface area (TPSA) is 95.7 Å². The number of Topliss-reactive ketones (excluding diaryl/α,β-unsaturated/α-hetero) is 1. The molecule has 1 atom stereocenters. The van der Waals surface area contributed by atoms with Gasteiger partial charge in [0.1, 0.15) is 11.5 Å². The molecule has 0 bridgehead atoms. The highest BCUT2D eigenvalue weighted by molar-refractivity contribution is 7.86. The summed E-state index contributed by atoms with van der Waals surface area (Å²) in [6.45, 7) is 0. The largest absolute Gasteiger partial charge is 0.460 e. The fourth-order valence-electron chi connectivity index (χ4n) is 2.13. The van der Waals surface area contributed by atoms with Crippen molar-refractivity contribution in [3.8, 4) is 0 Å². The predicted molar refractivity (Wildman–Crippen MR) is 91.6 cm³/mol. The van der Waals surface area contributed by atoms with Crippen LogP contribution in [0.4, 0.5) is 4.39 Å². The van der Waals surface area contributed by atoms with E-state index in [0.717, 1.165) is 12.1 Å². The maximum Gasteiger partial charge on any atom is 0.313 e. The summed E-state index contributed by atoms with van der Waals surface area (Å²) in [6.07, 6.45) is -2.70. The third-order valence-electron chi connectivity index (χ3n) is 3.25. The summed E-state index contributed by atoms with van der Waals surface area (Å²) in [4.78, 5) is 12.7. The van der Waals surface area contributed by atoms with Gasteiger partial charge in [-0.2, -0.15) is 8.42 Å². The Balaban J connectivity index is 1.97. The molecule has 1 aliphatic heterocycles. The highest BCUT2D eigenvalue weighted by atomic mass is 35.5. The first kappa shape index (κ1) is 14.6. The molecule has 6 nitrogen and oxygen atoms in total. The van der Waals surface area contributed by atoms with Crippen LogP contribution in [-0.4, -0.2) is 14.2 Å². The van der Waals surface area contributed by atoms with Crippen molar-refractivity contribution in [3.05, 3.63) is 82.1 Å². The number of carbonyl (C=O) groups is 1. The van der Waals surface area contributed by atoms with Crippen LogP contribution in [-0.2, 0) is 29.5 Å². The zero-order valence-corrected chi connectivity index (χ0v) is 14.5. The SMILES string of the molecule is [2H]C1(c2cccc(F)c2Cl)OC(N)=C(OS(=O)(=O)C([2H])([2H])c2ccccc2)C1=O. The number of carbonyl (C=O) groups excluding carboxylic acids is 1. The van der Waals surface area contributed by atoms with Crippen molar-refractivity contribution in [1.82, 2.24) is 0 Å². The summed E-state index contributed by atoms with van der Waals surface area (Å²) < 4.78 is 72.5. The lowest BCUT2D eigenvalue weighted by molar-refractivity contribution is -0.123. The fourth-order valence-corrected chi connectivity index (χ4v) is 3.19. The van der Waals surface area contributed by atoms with E-state index in [9.17, 15) is 17.6 Å². The fraction of sp³-hybridized carbons (Fsp3) is 0.118. The molecule has 1 unspecified atom stereocenters. The first-order chi connectivity index (χ1) is 13.4. The number of ether oxygens (including phenoxy) is 1. The van der Waals surface area contributed by atoms with Crippen molar-refractivity contribution in [2.45, 2.75) is 11.8 Å². The average Bonchev–Trinajstić information content (AvgIpc) is 2.88. The Morgan fingerprint density at radius 3 is 2.65 bits per heavy atom. The molecular formula is C17H13ClFNO5S. The molecule has 3 rings (SSSR count). The normalized spacial score (nSPS) is 22.4. The van der Waals surface area contributed by atoms with Gasteiger partial charge in [0.25, 0.3) is 0 Å². The molecule has 1 heterocycles. The first-order valence-electron chi connectivity index (χ1n) is 8.59. The minimum atomic E-state index is -5.11. The maximum atomic E-state index is 13.7. The van der Waals surface area contributed by atoms with Crippen molar-refractivity contribution in [2.24, 2.45) is 5.73 Å². The number of halogens is 2. The molecule has 0 amide bonds. The van der Waals surface area contributed by atoms with Crippen LogP contribution in [0.1, 0.15) is 21.3 Å². The van der Waals surface area contributed by atoms with Gasteiger partial charge < -0.3 is 14.7 Å². The lowest BCUT2D eigenvalue weighted by Gasteiger charge is -2.12. The quantitative estimate of drug-likeness (QED) is 0.775. The molecule has 0 aliphatic carbocycles. The highest BCUT2D eigenvalue weighted by Gasteiger charge is 2.40. The Hall–Kier alpha value is -2.58. The monoisotopic (exact) mass is 400 g/mol. The van der Waals surface area contributed by atoms with Crippen LogP contribution in [0.3, 0.4) is 0 Å². The third kappa shape index (κ3) is 3.66. The van der Waals surface area contributed by atoms with Gasteiger partial charge in [0.2, 0.25) is 17.4 Å². The van der Waals surface area contributed by atoms with Gasteiger partial charge in [-0.25, -0.2) is 4.39 Å². The molecule has 9 heteroatoms. The maximum absolute atomic E-state index is 13.7. The molecule has 2 aromatic rings. The smallest absolute Gasteiger partial charge is 0.313 e. The summed E-state index contributed by atoms with van der Waals surface area (Å²) in [5.74, 6) is -4.29. The van der Waals surface area contributed by atoms with Crippen molar-refractivity contribution >= 4 is 27.5 Å². The van der Waals surface area contributed by atoms with E-state index in [0.29, 0.717) is 0 Å². The molecule has 0 aromatic heterocycles. The number of hydrogen-bond acceptors (Lipinski definition) is 6. The van der Waals surface area contributed by atoms with Crippen LogP contribution in [0.5, 0.6) is 0 Å². The van der Waals surface area contributed by atoms with E-state index in [-0.39, 0.29) is 5.56 Å². The van der Waals surface area contributed by atoms with Crippen LogP contribution in [0, 0.1) is 5.82 Å². The van der Waals surface area contributed by atoms with Crippen molar-refractivity contribution in [3.63, 3.8) is 0 Å². The van der Waals surface area contributed by atoms with E-state index in [1.807, 2.05) is 0 Å². The Kier molecular flexibility index (Phi) is 3.91. The van der Waals surface area contributed by atoms with Crippen molar-refractivity contribution in [2.75, 3.05) is 0 Å². The molecule has 1 aliphatic rings. The molecule has 0 radical (unpaired) electrons. The van der Waals surface area contributed by atoms with Crippen LogP contribution in [0.2, 0.25) is 5.02 Å². The molecule has 0 fully saturated rings. The van der Waals surface area contributed by atoms with Gasteiger partial charge >= 0.3 is 10.1 Å². The number of hydrogen-bond donors (Lipinski definition) is 1. The average molecular weight is 401 g/mol.